The van der Waals surface area contributed by atoms with Crippen LogP contribution in [0.15, 0.2) is 30.3 Å². The molecule has 0 fully saturated rings. The molecule has 1 aromatic rings. The fraction of sp³-hybridized carbons (Fsp3) is 0.571. The molecule has 0 saturated heterocycles. The Morgan fingerprint density at radius 2 is 1.80 bits per heavy atom. The average Bonchev–Trinajstić information content (AvgIpc) is 2.25. The van der Waals surface area contributed by atoms with Gasteiger partial charge in [0.2, 0.25) is 0 Å². The van der Waals surface area contributed by atoms with Crippen molar-refractivity contribution in [3.63, 3.8) is 0 Å². The van der Waals surface area contributed by atoms with E-state index in [1.807, 2.05) is 0 Å². The van der Waals surface area contributed by atoms with Crippen LogP contribution in [0.4, 0.5) is 0 Å². The molecule has 0 heterocycles. The molecule has 1 heteroatoms. The Balaban J connectivity index is 2.51. The van der Waals surface area contributed by atoms with Gasteiger partial charge in [-0.2, -0.15) is 0 Å². The number of nitrogens with one attached hydrogen (secondary N) is 1. The second-order valence-corrected chi connectivity index (χ2v) is 4.49. The van der Waals surface area contributed by atoms with Gasteiger partial charge in [0.1, 0.15) is 0 Å². The first-order valence-corrected chi connectivity index (χ1v) is 6.01. The van der Waals surface area contributed by atoms with E-state index in [2.05, 4.69) is 56.4 Å². The molecule has 1 nitrogen and oxygen atoms in total. The van der Waals surface area contributed by atoms with E-state index < -0.39 is 0 Å². The Bertz CT molecular complexity index is 253. The maximum Gasteiger partial charge on any atom is 0.0130 e. The minimum Gasteiger partial charge on any atom is -0.313 e. The van der Waals surface area contributed by atoms with Crippen LogP contribution in [0.3, 0.4) is 0 Å². The molecule has 0 spiro atoms. The summed E-state index contributed by atoms with van der Waals surface area (Å²) in [5.41, 5.74) is 1.43. The standard InChI is InChI=1S/C14H23N/c1-4-10-15-14(12(2)3)11-13-8-6-5-7-9-13/h5-9,12,14-15H,4,10-11H2,1-3H3. The molecule has 15 heavy (non-hydrogen) atoms. The van der Waals surface area contributed by atoms with E-state index in [1.54, 1.807) is 0 Å². The van der Waals surface area contributed by atoms with Crippen molar-refractivity contribution in [2.24, 2.45) is 5.92 Å². The molecular formula is C14H23N. The average molecular weight is 205 g/mol. The normalized spacial score (nSPS) is 13.1. The molecule has 0 aliphatic carbocycles. The number of benzene rings is 1. The molecule has 0 saturated carbocycles. The van der Waals surface area contributed by atoms with Gasteiger partial charge in [0.05, 0.1) is 0 Å². The summed E-state index contributed by atoms with van der Waals surface area (Å²) in [6, 6.07) is 11.3. The minimum atomic E-state index is 0.604. The summed E-state index contributed by atoms with van der Waals surface area (Å²) in [5, 5.41) is 3.62. The Kier molecular flexibility index (Phi) is 5.41. The monoisotopic (exact) mass is 205 g/mol. The number of rotatable bonds is 6. The topological polar surface area (TPSA) is 12.0 Å². The molecule has 0 bridgehead atoms. The van der Waals surface area contributed by atoms with Crippen LogP contribution in [0.2, 0.25) is 0 Å². The Morgan fingerprint density at radius 3 is 2.33 bits per heavy atom. The molecule has 1 unspecified atom stereocenters. The second kappa shape index (κ2) is 6.62. The molecule has 84 valence electrons. The smallest absolute Gasteiger partial charge is 0.0130 e. The summed E-state index contributed by atoms with van der Waals surface area (Å²) in [4.78, 5) is 0. The molecule has 0 aliphatic heterocycles. The zero-order chi connectivity index (χ0) is 11.1. The van der Waals surface area contributed by atoms with Gasteiger partial charge in [-0.25, -0.2) is 0 Å². The van der Waals surface area contributed by atoms with Gasteiger partial charge in [0, 0.05) is 6.04 Å². The lowest BCUT2D eigenvalue weighted by Gasteiger charge is -2.22. The van der Waals surface area contributed by atoms with E-state index in [4.69, 9.17) is 0 Å². The van der Waals surface area contributed by atoms with Crippen molar-refractivity contribution in [1.29, 1.82) is 0 Å². The van der Waals surface area contributed by atoms with Crippen LogP contribution in [-0.4, -0.2) is 12.6 Å². The summed E-state index contributed by atoms with van der Waals surface area (Å²) in [6.45, 7) is 7.91. The van der Waals surface area contributed by atoms with E-state index in [1.165, 1.54) is 12.0 Å². The van der Waals surface area contributed by atoms with Crippen LogP contribution in [0.25, 0.3) is 0 Å². The molecule has 1 aromatic carbocycles. The summed E-state index contributed by atoms with van der Waals surface area (Å²) >= 11 is 0. The lowest BCUT2D eigenvalue weighted by Crippen LogP contribution is -2.36. The van der Waals surface area contributed by atoms with Crippen LogP contribution in [0, 0.1) is 5.92 Å². The van der Waals surface area contributed by atoms with Crippen molar-refractivity contribution in [3.05, 3.63) is 35.9 Å². The van der Waals surface area contributed by atoms with Crippen LogP contribution in [0.5, 0.6) is 0 Å². The second-order valence-electron chi connectivity index (χ2n) is 4.49. The lowest BCUT2D eigenvalue weighted by atomic mass is 9.96. The maximum atomic E-state index is 3.62. The highest BCUT2D eigenvalue weighted by atomic mass is 14.9. The van der Waals surface area contributed by atoms with Gasteiger partial charge in [0.25, 0.3) is 0 Å². The quantitative estimate of drug-likeness (QED) is 0.751. The molecular weight excluding hydrogens is 182 g/mol. The van der Waals surface area contributed by atoms with E-state index >= 15 is 0 Å². The van der Waals surface area contributed by atoms with Crippen LogP contribution in [0.1, 0.15) is 32.8 Å². The van der Waals surface area contributed by atoms with Crippen LogP contribution in [-0.2, 0) is 6.42 Å². The van der Waals surface area contributed by atoms with Crippen molar-refractivity contribution >= 4 is 0 Å². The summed E-state index contributed by atoms with van der Waals surface area (Å²) in [7, 11) is 0. The first kappa shape index (κ1) is 12.3. The molecule has 0 amide bonds. The molecule has 1 N–H and O–H groups in total. The number of hydrogen-bond donors (Lipinski definition) is 1. The van der Waals surface area contributed by atoms with E-state index in [9.17, 15) is 0 Å². The minimum absolute atomic E-state index is 0.604. The molecule has 1 atom stereocenters. The highest BCUT2D eigenvalue weighted by Crippen LogP contribution is 2.10. The summed E-state index contributed by atoms with van der Waals surface area (Å²) in [6.07, 6.45) is 2.34. The predicted molar refractivity (Wildman–Crippen MR) is 67.1 cm³/mol. The van der Waals surface area contributed by atoms with Crippen LogP contribution < -0.4 is 5.32 Å². The van der Waals surface area contributed by atoms with E-state index in [-0.39, 0.29) is 0 Å². The van der Waals surface area contributed by atoms with Crippen molar-refractivity contribution in [2.75, 3.05) is 6.54 Å². The molecule has 1 rings (SSSR count). The highest BCUT2D eigenvalue weighted by Gasteiger charge is 2.12. The predicted octanol–water partition coefficient (Wildman–Crippen LogP) is 3.25. The van der Waals surface area contributed by atoms with E-state index in [0.717, 1.165) is 13.0 Å². The van der Waals surface area contributed by atoms with Gasteiger partial charge >= 0.3 is 0 Å². The van der Waals surface area contributed by atoms with Crippen LogP contribution >= 0.6 is 0 Å². The molecule has 0 aliphatic rings. The summed E-state index contributed by atoms with van der Waals surface area (Å²) in [5.74, 6) is 0.691. The third kappa shape index (κ3) is 4.48. The molecule has 0 aromatic heterocycles. The third-order valence-corrected chi connectivity index (χ3v) is 2.76. The van der Waals surface area contributed by atoms with Crippen molar-refractivity contribution < 1.29 is 0 Å². The lowest BCUT2D eigenvalue weighted by molar-refractivity contribution is 0.397. The van der Waals surface area contributed by atoms with Crippen molar-refractivity contribution in [1.82, 2.24) is 5.32 Å². The van der Waals surface area contributed by atoms with Gasteiger partial charge in [-0.1, -0.05) is 51.1 Å². The Morgan fingerprint density at radius 1 is 1.13 bits per heavy atom. The zero-order valence-electron chi connectivity index (χ0n) is 10.2. The Hall–Kier alpha value is -0.820. The van der Waals surface area contributed by atoms with E-state index in [0.29, 0.717) is 12.0 Å². The first-order valence-electron chi connectivity index (χ1n) is 6.01. The van der Waals surface area contributed by atoms with Crippen molar-refractivity contribution in [2.45, 2.75) is 39.7 Å². The largest absolute Gasteiger partial charge is 0.313 e. The van der Waals surface area contributed by atoms with Gasteiger partial charge in [-0.05, 0) is 30.9 Å². The zero-order valence-corrected chi connectivity index (χ0v) is 10.2. The SMILES string of the molecule is CCCNC(Cc1ccccc1)C(C)C. The van der Waals surface area contributed by atoms with Gasteiger partial charge in [-0.3, -0.25) is 0 Å². The van der Waals surface area contributed by atoms with Gasteiger partial charge in [0.15, 0.2) is 0 Å². The number of hydrogen-bond acceptors (Lipinski definition) is 1. The third-order valence-electron chi connectivity index (χ3n) is 2.76. The first-order chi connectivity index (χ1) is 7.24. The molecule has 0 radical (unpaired) electrons. The maximum absolute atomic E-state index is 3.62. The highest BCUT2D eigenvalue weighted by molar-refractivity contribution is 5.16. The van der Waals surface area contributed by atoms with Gasteiger partial charge in [-0.15, -0.1) is 0 Å². The van der Waals surface area contributed by atoms with Gasteiger partial charge < -0.3 is 5.32 Å². The van der Waals surface area contributed by atoms with Crippen molar-refractivity contribution in [3.8, 4) is 0 Å². The fourth-order valence-electron chi connectivity index (χ4n) is 1.74. The summed E-state index contributed by atoms with van der Waals surface area (Å²) < 4.78 is 0. The Labute approximate surface area is 93.9 Å². The fourth-order valence-corrected chi connectivity index (χ4v) is 1.74.